The van der Waals surface area contributed by atoms with Gasteiger partial charge in [0.15, 0.2) is 0 Å². The Labute approximate surface area is 62.5 Å². The molecule has 0 radical (unpaired) electrons. The summed E-state index contributed by atoms with van der Waals surface area (Å²) in [5.41, 5.74) is 0. The summed E-state index contributed by atoms with van der Waals surface area (Å²) in [6.07, 6.45) is 0. The summed E-state index contributed by atoms with van der Waals surface area (Å²) in [5, 5.41) is 0.194. The maximum Gasteiger partial charge on any atom is 0.0967 e. The first-order valence-electron chi connectivity index (χ1n) is 0.535. The third-order valence-corrected chi connectivity index (χ3v) is 0. The summed E-state index contributed by atoms with van der Waals surface area (Å²) in [6.45, 7) is 0. The van der Waals surface area contributed by atoms with Crippen molar-refractivity contribution in [3.8, 4) is 0 Å². The van der Waals surface area contributed by atoms with E-state index in [-0.39, 0.29) is 39.5 Å². The monoisotopic (exact) mass is 168 g/mol. The van der Waals surface area contributed by atoms with E-state index in [1.54, 1.807) is 0 Å². The maximum atomic E-state index is 4.76. The number of hydrogen-bond donors (Lipinski definition) is 0. The van der Waals surface area contributed by atoms with Crippen LogP contribution in [0.5, 0.6) is 0 Å². The van der Waals surface area contributed by atoms with Gasteiger partial charge >= 0.3 is 0 Å². The van der Waals surface area contributed by atoms with Crippen LogP contribution in [0, 0.1) is 0 Å². The van der Waals surface area contributed by atoms with Gasteiger partial charge in [-0.05, 0) is 0 Å². The molecule has 0 aromatic rings. The van der Waals surface area contributed by atoms with Gasteiger partial charge in [-0.3, -0.25) is 0 Å². The Hall–Kier alpha value is 1.58. The molecule has 0 aliphatic carbocycles. The van der Waals surface area contributed by atoms with Gasteiger partial charge in [0.25, 0.3) is 0 Å². The van der Waals surface area contributed by atoms with Gasteiger partial charge in [0.1, 0.15) is 0 Å². The van der Waals surface area contributed by atoms with E-state index in [4.69, 9.17) is 23.2 Å². The van der Waals surface area contributed by atoms with E-state index < -0.39 is 0 Å². The predicted molar refractivity (Wildman–Crippen MR) is 23.8 cm³/mol. The van der Waals surface area contributed by atoms with E-state index in [9.17, 15) is 0 Å². The Bertz CT molecular complexity index is 6.85. The van der Waals surface area contributed by atoms with Gasteiger partial charge in [-0.1, -0.05) is 0 Å². The maximum absolute atomic E-state index is 4.76. The molecule has 0 heterocycles. The fraction of sp³-hybridized carbons (Fsp3) is 1.00. The van der Waals surface area contributed by atoms with Gasteiger partial charge in [-0.25, -0.2) is 0 Å². The zero-order valence-electron chi connectivity index (χ0n) is 2.37. The Morgan fingerprint density at radius 1 is 1.20 bits per heavy atom. The summed E-state index contributed by atoms with van der Waals surface area (Å²) in [7, 11) is 0. The van der Waals surface area contributed by atoms with Gasteiger partial charge in [0.2, 0.25) is 0 Å². The summed E-state index contributed by atoms with van der Waals surface area (Å²) < 4.78 is 0. The second-order valence-corrected chi connectivity index (χ2v) is 0.909. The SMILES string of the molecule is Cl.ClCCl.[Ti]. The molecule has 0 nitrogen and oxygen atoms in total. The van der Waals surface area contributed by atoms with Crippen LogP contribution >= 0.6 is 35.6 Å². The molecule has 0 rings (SSSR count). The smallest absolute Gasteiger partial charge is 0.0967 e. The zero-order chi connectivity index (χ0) is 2.71. The number of rotatable bonds is 0. The summed E-state index contributed by atoms with van der Waals surface area (Å²) >= 11 is 9.53. The largest absolute Gasteiger partial charge is 0.147 e. The van der Waals surface area contributed by atoms with Crippen LogP contribution in [0.25, 0.3) is 0 Å². The minimum atomic E-state index is 0. The molecular weight excluding hydrogens is 166 g/mol. The first kappa shape index (κ1) is 16.0. The van der Waals surface area contributed by atoms with Crippen molar-refractivity contribution in [3.63, 3.8) is 0 Å². The molecule has 32 valence electrons. The third kappa shape index (κ3) is 28.6. The summed E-state index contributed by atoms with van der Waals surface area (Å²) in [5.74, 6) is 0. The molecule has 0 amide bonds. The molecule has 0 spiro atoms. The van der Waals surface area contributed by atoms with Crippen LogP contribution in [-0.4, -0.2) is 5.34 Å². The second-order valence-electron chi connectivity index (χ2n) is 0.101. The Morgan fingerprint density at radius 3 is 1.20 bits per heavy atom. The van der Waals surface area contributed by atoms with Crippen molar-refractivity contribution in [1.82, 2.24) is 0 Å². The normalized spacial score (nSPS) is 3.60. The first-order valence-corrected chi connectivity index (χ1v) is 1.60. The van der Waals surface area contributed by atoms with Crippen LogP contribution in [0.4, 0.5) is 0 Å². The first-order chi connectivity index (χ1) is 1.41. The molecule has 0 aliphatic rings. The van der Waals surface area contributed by atoms with E-state index in [1.807, 2.05) is 0 Å². The van der Waals surface area contributed by atoms with Crippen LogP contribution in [0.3, 0.4) is 0 Å². The third-order valence-electron chi connectivity index (χ3n) is 0. The van der Waals surface area contributed by atoms with Gasteiger partial charge in [0, 0.05) is 21.7 Å². The average molecular weight is 169 g/mol. The Kier molecular flexibility index (Phi) is 56.2. The molecule has 0 unspecified atom stereocenters. The van der Waals surface area contributed by atoms with Crippen molar-refractivity contribution in [3.05, 3.63) is 0 Å². The van der Waals surface area contributed by atoms with Crippen molar-refractivity contribution in [2.75, 3.05) is 5.34 Å². The Morgan fingerprint density at radius 2 is 1.20 bits per heavy atom. The molecule has 0 saturated carbocycles. The standard InChI is InChI=1S/CH2Cl2.ClH.Ti/c2-1-3;;/h1H2;1H;. The average Bonchev–Trinajstić information content (AvgIpc) is 0.918. The van der Waals surface area contributed by atoms with Crippen molar-refractivity contribution < 1.29 is 21.7 Å². The molecule has 5 heavy (non-hydrogen) atoms. The van der Waals surface area contributed by atoms with Crippen LogP contribution in [0.1, 0.15) is 0 Å². The van der Waals surface area contributed by atoms with Crippen molar-refractivity contribution in [2.24, 2.45) is 0 Å². The number of halogens is 3. The van der Waals surface area contributed by atoms with Crippen LogP contribution in [-0.2, 0) is 21.7 Å². The van der Waals surface area contributed by atoms with Crippen LogP contribution in [0.15, 0.2) is 0 Å². The molecule has 0 bridgehead atoms. The topological polar surface area (TPSA) is 0 Å². The fourth-order valence-corrected chi connectivity index (χ4v) is 0. The van der Waals surface area contributed by atoms with E-state index in [0.717, 1.165) is 0 Å². The van der Waals surface area contributed by atoms with Crippen LogP contribution < -0.4 is 0 Å². The van der Waals surface area contributed by atoms with E-state index in [2.05, 4.69) is 0 Å². The van der Waals surface area contributed by atoms with E-state index >= 15 is 0 Å². The number of alkyl halides is 2. The molecule has 0 atom stereocenters. The quantitative estimate of drug-likeness (QED) is 0.383. The van der Waals surface area contributed by atoms with Crippen LogP contribution in [0.2, 0.25) is 0 Å². The molecule has 4 heteroatoms. The molecule has 0 N–H and O–H groups in total. The predicted octanol–water partition coefficient (Wildman–Crippen LogP) is 1.84. The minimum absolute atomic E-state index is 0. The fourth-order valence-electron chi connectivity index (χ4n) is 0. The minimum Gasteiger partial charge on any atom is -0.147 e. The second kappa shape index (κ2) is 17.6. The van der Waals surface area contributed by atoms with Gasteiger partial charge in [0.05, 0.1) is 5.34 Å². The van der Waals surface area contributed by atoms with Gasteiger partial charge < -0.3 is 0 Å². The van der Waals surface area contributed by atoms with Gasteiger partial charge in [-0.15, -0.1) is 35.6 Å². The molecule has 0 aliphatic heterocycles. The molecule has 0 saturated heterocycles. The van der Waals surface area contributed by atoms with E-state index in [0.29, 0.717) is 0 Å². The molecular formula is CH3Cl3Ti. The molecule has 0 aromatic heterocycles. The van der Waals surface area contributed by atoms with Crippen molar-refractivity contribution in [2.45, 2.75) is 0 Å². The van der Waals surface area contributed by atoms with Gasteiger partial charge in [-0.2, -0.15) is 0 Å². The Balaban J connectivity index is -0.0000000200. The molecule has 0 aromatic carbocycles. The van der Waals surface area contributed by atoms with Crippen molar-refractivity contribution >= 4 is 35.6 Å². The zero-order valence-corrected chi connectivity index (χ0v) is 6.26. The molecule has 0 fully saturated rings. The summed E-state index contributed by atoms with van der Waals surface area (Å²) in [6, 6.07) is 0. The summed E-state index contributed by atoms with van der Waals surface area (Å²) in [4.78, 5) is 0. The number of hydrogen-bond acceptors (Lipinski definition) is 0. The van der Waals surface area contributed by atoms with E-state index in [1.165, 1.54) is 0 Å². The van der Waals surface area contributed by atoms with Crippen molar-refractivity contribution in [1.29, 1.82) is 0 Å².